The van der Waals surface area contributed by atoms with Gasteiger partial charge in [0.05, 0.1) is 0 Å². The Bertz CT molecular complexity index is 2960. The molecule has 0 bridgehead atoms. The highest BCUT2D eigenvalue weighted by Crippen LogP contribution is 2.25. The molecule has 0 spiro atoms. The molecule has 0 aliphatic carbocycles. The van der Waals surface area contributed by atoms with Crippen LogP contribution in [0.4, 0.5) is 0 Å². The van der Waals surface area contributed by atoms with Crippen LogP contribution in [0.25, 0.3) is 0 Å². The molecule has 8 fully saturated rings. The van der Waals surface area contributed by atoms with E-state index in [4.69, 9.17) is 6.42 Å². The fourth-order valence-corrected chi connectivity index (χ4v) is 16.5. The lowest BCUT2D eigenvalue weighted by atomic mass is 9.41. The highest BCUT2D eigenvalue weighted by Gasteiger charge is 2.48. The molecule has 608 valence electrons. The van der Waals surface area contributed by atoms with Crippen molar-refractivity contribution >= 4 is 187 Å². The maximum atomic E-state index is 5.27. The van der Waals surface area contributed by atoms with Crippen molar-refractivity contribution in [2.24, 2.45) is 0 Å². The fraction of sp³-hybridized carbons (Fsp3) is 0.612. The van der Waals surface area contributed by atoms with Gasteiger partial charge in [-0.2, -0.15) is 0 Å². The lowest BCUT2D eigenvalue weighted by molar-refractivity contribution is 0.447. The Balaban J connectivity index is 0.000000280. The molecule has 11 N–H and O–H groups in total. The molecule has 48 heteroatoms. The molecule has 0 amide bonds. The molecule has 8 heterocycles. The predicted molar refractivity (Wildman–Crippen MR) is 542 cm³/mol. The number of terminal acetylenes is 1. The van der Waals surface area contributed by atoms with E-state index < -0.39 is 0 Å². The van der Waals surface area contributed by atoms with Crippen molar-refractivity contribution in [2.75, 3.05) is 89.6 Å². The summed E-state index contributed by atoms with van der Waals surface area (Å²) in [5, 5.41) is 37.5. The van der Waals surface area contributed by atoms with Crippen LogP contribution in [0.15, 0.2) is 129 Å². The average Bonchev–Trinajstić information content (AvgIpc) is 0.782. The average molecular weight is 1550 g/mol. The molecule has 8 saturated heterocycles. The minimum Gasteiger partial charge on any atom is -0.374 e. The monoisotopic (exact) mass is 1550 g/mol. The van der Waals surface area contributed by atoms with Crippen LogP contribution >= 0.6 is 0 Å². The maximum absolute atomic E-state index is 5.27. The van der Waals surface area contributed by atoms with Gasteiger partial charge in [0.25, 0.3) is 122 Å². The van der Waals surface area contributed by atoms with E-state index in [9.17, 15) is 0 Å². The zero-order valence-corrected chi connectivity index (χ0v) is 77.2. The summed E-state index contributed by atoms with van der Waals surface area (Å²) in [7, 11) is 24.2. The van der Waals surface area contributed by atoms with Crippen LogP contribution in [0, 0.1) is 12.2 Å². The normalized spacial score (nSPS) is 19.2. The minimum absolute atomic E-state index is 0.0799. The van der Waals surface area contributed by atoms with E-state index in [-0.39, 0.29) is 34.9 Å². The second-order valence-corrected chi connectivity index (χ2v) is 33.0. The van der Waals surface area contributed by atoms with Crippen LogP contribution < -0.4 is 72.9 Å². The van der Waals surface area contributed by atoms with Gasteiger partial charge in [-0.25, -0.2) is 0 Å². The van der Waals surface area contributed by atoms with Gasteiger partial charge < -0.3 is 118 Å². The largest absolute Gasteiger partial charge is 0.375 e. The molecule has 0 aromatic heterocycles. The van der Waals surface area contributed by atoms with Crippen molar-refractivity contribution in [1.29, 1.82) is 0 Å². The first kappa shape index (κ1) is 104. The van der Waals surface area contributed by atoms with Gasteiger partial charge in [-0.1, -0.05) is 245 Å². The molecule has 0 saturated carbocycles. The Labute approximate surface area is 717 Å². The molecule has 11 rings (SSSR count). The number of nitrogens with one attached hydrogen (secondary N) is 11. The predicted octanol–water partition coefficient (Wildman–Crippen LogP) is 0.0761. The van der Waals surface area contributed by atoms with E-state index in [1.165, 1.54) is 119 Å². The lowest BCUT2D eigenvalue weighted by Crippen LogP contribution is -2.79. The molecule has 8 aliphatic rings. The van der Waals surface area contributed by atoms with Crippen molar-refractivity contribution in [3.05, 3.63) is 129 Å². The van der Waals surface area contributed by atoms with Gasteiger partial charge in [-0.15, -0.1) is 32.0 Å². The first-order valence-electron chi connectivity index (χ1n) is 44.3. The molecule has 8 aliphatic heterocycles. The molecule has 115 heavy (non-hydrogen) atoms. The second-order valence-electron chi connectivity index (χ2n) is 33.0. The van der Waals surface area contributed by atoms with Gasteiger partial charge in [0.2, 0.25) is 0 Å². The quantitative estimate of drug-likeness (QED) is 0.0482. The molecule has 0 atom stereocenters. The molecule has 3 aromatic carbocycles. The standard InChI is InChI=1S/C15H20B3N3.C14H34B3N3.C8H14B3N3.2C8H22B3N3.C6H14B3N3.C4H12B3N3.C4H10B3N3/c1-16-19-17(14-10-6-4-7-11-14)21(3)18(20(16)2)15-12-8-5-9-13-15;1-7-11-16-18(6)17(12-8-2)20(14-10-4)15(5)19(16)13-9-3;1-10-12-9-14(2)11(13-10)8-6-4-3-5-7-8;2*1-5-7-11-12-10(3)14(8-6-2)9-13(11)4;1-5-8-10-7(3)11-9(6-2)12(8)4;2*1-4-7-9-6(2)8-5-10(7)3/h4-13,19H,1-3H3;7-14H2,1-6H3;3-7,9,12-13H,1-2H3;2*9,12H,5-8H2,1-4H3;5-6,10-11H,1-2H2,3-4H3;4-5,8-9H,1H2,2-3H3;1,5,8-9H,2-3H3. The third kappa shape index (κ3) is 34.4. The smallest absolute Gasteiger partial charge is 0.374 e. The van der Waals surface area contributed by atoms with Crippen molar-refractivity contribution in [3.63, 3.8) is 0 Å². The van der Waals surface area contributed by atoms with E-state index >= 15 is 0 Å². The third-order valence-corrected chi connectivity index (χ3v) is 23.3. The van der Waals surface area contributed by atoms with Crippen LogP contribution in [0.2, 0.25) is 79.9 Å². The summed E-state index contributed by atoms with van der Waals surface area (Å²) in [6.07, 6.45) is 20.4. The summed E-state index contributed by atoms with van der Waals surface area (Å²) in [5.41, 5.74) is 3.96. The highest BCUT2D eigenvalue weighted by molar-refractivity contribution is 6.95. The van der Waals surface area contributed by atoms with Crippen molar-refractivity contribution < 1.29 is 0 Å². The van der Waals surface area contributed by atoms with E-state index in [2.05, 4.69) is 383 Å². The minimum atomic E-state index is 0.0799. The van der Waals surface area contributed by atoms with Crippen LogP contribution in [0.3, 0.4) is 0 Å². The van der Waals surface area contributed by atoms with Crippen LogP contribution in [0.1, 0.15) is 107 Å². The maximum Gasteiger partial charge on any atom is 0.375 e. The van der Waals surface area contributed by atoms with Gasteiger partial charge in [0, 0.05) is 0 Å². The summed E-state index contributed by atoms with van der Waals surface area (Å²) in [5.74, 6) is 8.37. The van der Waals surface area contributed by atoms with Gasteiger partial charge in [0.1, 0.15) is 0 Å². The SMILES string of the molecule is C#CB1NB(C)NBN1C.C=CB1NB(C)NB(C=C)N1C.C=CB1NB(C)NBN1C.CB1NB(c2ccccc2)N(C)B(c2ccccc2)N1C.CB1NBN(C)B(c2ccccc2)N1.CCCB1N(C)B(CCC)N(CCC)B(C)N1CCC.CCCB1NB(C)N(CCC)BN1C.CCCB1NB(C)N(CCC)BN1C. The van der Waals surface area contributed by atoms with Gasteiger partial charge >= 0.3 is 48.9 Å². The Hall–Kier alpha value is -2.96. The summed E-state index contributed by atoms with van der Waals surface area (Å²) in [4.78, 5) is 0. The summed E-state index contributed by atoms with van der Waals surface area (Å²) < 4.78 is 31.3. The number of benzene rings is 3. The second kappa shape index (κ2) is 57.4. The lowest BCUT2D eigenvalue weighted by Gasteiger charge is -2.53. The Morgan fingerprint density at radius 1 is 0.365 bits per heavy atom. The Kier molecular flexibility index (Phi) is 52.1. The molecule has 3 aromatic rings. The molecule has 0 unspecified atom stereocenters. The zero-order chi connectivity index (χ0) is 85.3. The summed E-state index contributed by atoms with van der Waals surface area (Å²) in [6, 6.07) is 31.9. The highest BCUT2D eigenvalue weighted by atomic mass is 15.3. The number of hydrogen-bond acceptors (Lipinski definition) is 24. The summed E-state index contributed by atoms with van der Waals surface area (Å²) in [6.45, 7) is 59.3. The van der Waals surface area contributed by atoms with E-state index in [0.29, 0.717) is 97.8 Å². The molecular weight excluding hydrogens is 1400 g/mol. The topological polar surface area (TPSA) is 174 Å². The Morgan fingerprint density at radius 3 is 1.14 bits per heavy atom. The number of hydrogen-bond donors (Lipinski definition) is 11. The molecule has 0 radical (unpaired) electrons. The van der Waals surface area contributed by atoms with Crippen molar-refractivity contribution in [2.45, 2.75) is 187 Å². The van der Waals surface area contributed by atoms with E-state index in [1.807, 2.05) is 42.8 Å². The number of nitrogens with zero attached hydrogens (tertiary/aromatic N) is 13. The number of rotatable bonds is 22. The molecule has 24 nitrogen and oxygen atoms in total. The van der Waals surface area contributed by atoms with Crippen LogP contribution in [0.5, 0.6) is 0 Å². The third-order valence-electron chi connectivity index (χ3n) is 23.3. The van der Waals surface area contributed by atoms with Crippen molar-refractivity contribution in [3.8, 4) is 12.2 Å². The Morgan fingerprint density at radius 2 is 0.748 bits per heavy atom. The first-order valence-corrected chi connectivity index (χ1v) is 44.3. The fourth-order valence-electron chi connectivity index (χ4n) is 16.5. The summed E-state index contributed by atoms with van der Waals surface area (Å²) >= 11 is 0. The first-order chi connectivity index (χ1) is 55.1. The van der Waals surface area contributed by atoms with E-state index in [1.54, 1.807) is 0 Å². The van der Waals surface area contributed by atoms with Crippen molar-refractivity contribution in [1.82, 2.24) is 118 Å². The van der Waals surface area contributed by atoms with Crippen LogP contribution in [-0.4, -0.2) is 321 Å². The van der Waals surface area contributed by atoms with E-state index in [0.717, 1.165) is 37.7 Å². The van der Waals surface area contributed by atoms with Crippen LogP contribution in [-0.2, 0) is 0 Å². The van der Waals surface area contributed by atoms with Gasteiger partial charge in [-0.05, 0) is 157 Å². The van der Waals surface area contributed by atoms with Gasteiger partial charge in [-0.3, -0.25) is 0 Å². The molecular formula is C67H148B24N24. The zero-order valence-electron chi connectivity index (χ0n) is 77.2. The van der Waals surface area contributed by atoms with Gasteiger partial charge in [0.15, 0.2) is 0 Å².